The zero-order valence-electron chi connectivity index (χ0n) is 13.3. The van der Waals surface area contributed by atoms with Crippen LogP contribution in [0.2, 0.25) is 0 Å². The van der Waals surface area contributed by atoms with Crippen LogP contribution >= 0.6 is 0 Å². The van der Waals surface area contributed by atoms with Crippen LogP contribution in [0.15, 0.2) is 30.3 Å². The Hall–Kier alpha value is -2.37. The highest BCUT2D eigenvalue weighted by atomic mass is 16.2. The number of hydrogen-bond donors (Lipinski definition) is 0. The highest BCUT2D eigenvalue weighted by Crippen LogP contribution is 2.26. The Labute approximate surface area is 135 Å². The van der Waals surface area contributed by atoms with Crippen molar-refractivity contribution in [2.45, 2.75) is 32.2 Å². The number of carbonyl (C=O) groups is 3. The van der Waals surface area contributed by atoms with Crippen LogP contribution in [-0.4, -0.2) is 53.3 Å². The fourth-order valence-electron chi connectivity index (χ4n) is 3.29. The first-order chi connectivity index (χ1) is 11.1. The molecule has 1 aromatic rings. The summed E-state index contributed by atoms with van der Waals surface area (Å²) < 4.78 is 0. The number of para-hydroxylation sites is 1. The molecule has 0 atom stereocenters. The topological polar surface area (TPSA) is 60.9 Å². The summed E-state index contributed by atoms with van der Waals surface area (Å²) in [6.07, 6.45) is 1.97. The van der Waals surface area contributed by atoms with E-state index in [-0.39, 0.29) is 30.4 Å². The molecule has 2 heterocycles. The van der Waals surface area contributed by atoms with Gasteiger partial charge in [0.25, 0.3) is 5.91 Å². The predicted molar refractivity (Wildman–Crippen MR) is 85.9 cm³/mol. The summed E-state index contributed by atoms with van der Waals surface area (Å²) in [5, 5.41) is 0. The minimum absolute atomic E-state index is 0.0288. The number of hydrogen-bond acceptors (Lipinski definition) is 3. The first-order valence-corrected chi connectivity index (χ1v) is 8.08. The number of imide groups is 1. The van der Waals surface area contributed by atoms with Gasteiger partial charge in [-0.1, -0.05) is 25.1 Å². The Bertz CT molecular complexity index is 609. The summed E-state index contributed by atoms with van der Waals surface area (Å²) in [4.78, 5) is 41.4. The number of anilines is 1. The largest absolute Gasteiger partial charge is 0.343 e. The van der Waals surface area contributed by atoms with Crippen molar-refractivity contribution in [1.29, 1.82) is 0 Å². The average Bonchev–Trinajstić information content (AvgIpc) is 2.89. The van der Waals surface area contributed by atoms with Crippen LogP contribution in [0.5, 0.6) is 0 Å². The Morgan fingerprint density at radius 3 is 2.39 bits per heavy atom. The lowest BCUT2D eigenvalue weighted by Crippen LogP contribution is -2.48. The van der Waals surface area contributed by atoms with Crippen molar-refractivity contribution in [3.8, 4) is 0 Å². The lowest BCUT2D eigenvalue weighted by Gasteiger charge is -2.36. The van der Waals surface area contributed by atoms with E-state index >= 15 is 0 Å². The van der Waals surface area contributed by atoms with Crippen LogP contribution in [0.25, 0.3) is 0 Å². The fourth-order valence-corrected chi connectivity index (χ4v) is 3.29. The number of carbonyl (C=O) groups excluding carboxylic acids is 3. The molecule has 0 bridgehead atoms. The molecule has 3 rings (SSSR count). The van der Waals surface area contributed by atoms with Gasteiger partial charge in [0.05, 0.1) is 5.69 Å². The van der Waals surface area contributed by atoms with E-state index in [9.17, 15) is 14.4 Å². The van der Waals surface area contributed by atoms with Crippen LogP contribution in [0.1, 0.15) is 26.2 Å². The van der Waals surface area contributed by atoms with E-state index < -0.39 is 0 Å². The third-order valence-electron chi connectivity index (χ3n) is 4.57. The van der Waals surface area contributed by atoms with E-state index in [1.807, 2.05) is 30.0 Å². The van der Waals surface area contributed by atoms with Crippen molar-refractivity contribution in [1.82, 2.24) is 9.80 Å². The highest BCUT2D eigenvalue weighted by Gasteiger charge is 2.41. The molecule has 6 nitrogen and oxygen atoms in total. The molecule has 0 N–H and O–H groups in total. The fraction of sp³-hybridized carbons (Fsp3) is 0.471. The van der Waals surface area contributed by atoms with Crippen molar-refractivity contribution >= 4 is 23.5 Å². The van der Waals surface area contributed by atoms with Crippen molar-refractivity contribution in [3.05, 3.63) is 30.3 Å². The van der Waals surface area contributed by atoms with Gasteiger partial charge in [-0.05, 0) is 25.0 Å². The minimum atomic E-state index is -0.249. The molecule has 6 heteroatoms. The van der Waals surface area contributed by atoms with Crippen molar-refractivity contribution in [2.75, 3.05) is 24.5 Å². The van der Waals surface area contributed by atoms with Gasteiger partial charge in [-0.2, -0.15) is 0 Å². The predicted octanol–water partition coefficient (Wildman–Crippen LogP) is 1.86. The normalized spacial score (nSPS) is 19.6. The van der Waals surface area contributed by atoms with E-state index in [4.69, 9.17) is 0 Å². The third kappa shape index (κ3) is 2.93. The molecule has 4 amide bonds. The Morgan fingerprint density at radius 1 is 1.13 bits per heavy atom. The van der Waals surface area contributed by atoms with Gasteiger partial charge in [-0.25, -0.2) is 9.69 Å². The summed E-state index contributed by atoms with van der Waals surface area (Å²) in [6, 6.07) is 8.79. The molecule has 1 aromatic carbocycles. The van der Waals surface area contributed by atoms with Gasteiger partial charge in [0.1, 0.15) is 6.54 Å². The molecule has 0 spiro atoms. The maximum atomic E-state index is 12.6. The zero-order chi connectivity index (χ0) is 16.4. The SMILES string of the molecule is CCC(=O)N1CCC(N2CC(=O)N(c3ccccc3)C2=O)CC1. The smallest absolute Gasteiger partial charge is 0.332 e. The molecule has 0 aliphatic carbocycles. The second-order valence-corrected chi connectivity index (χ2v) is 5.94. The van der Waals surface area contributed by atoms with Crippen molar-refractivity contribution in [3.63, 3.8) is 0 Å². The monoisotopic (exact) mass is 315 g/mol. The molecule has 2 fully saturated rings. The molecular formula is C17H21N3O3. The number of likely N-dealkylation sites (tertiary alicyclic amines) is 1. The van der Waals surface area contributed by atoms with Gasteiger partial charge in [0.2, 0.25) is 5.91 Å². The minimum Gasteiger partial charge on any atom is -0.343 e. The van der Waals surface area contributed by atoms with Gasteiger partial charge < -0.3 is 9.80 Å². The number of amides is 4. The number of nitrogens with zero attached hydrogens (tertiary/aromatic N) is 3. The Kier molecular flexibility index (Phi) is 4.32. The van der Waals surface area contributed by atoms with E-state index in [1.54, 1.807) is 17.0 Å². The summed E-state index contributed by atoms with van der Waals surface area (Å²) in [6.45, 7) is 3.29. The zero-order valence-corrected chi connectivity index (χ0v) is 13.3. The van der Waals surface area contributed by atoms with Crippen LogP contribution in [0, 0.1) is 0 Å². The lowest BCUT2D eigenvalue weighted by molar-refractivity contribution is -0.132. The second-order valence-electron chi connectivity index (χ2n) is 5.94. The van der Waals surface area contributed by atoms with E-state index in [0.29, 0.717) is 25.2 Å². The average molecular weight is 315 g/mol. The maximum Gasteiger partial charge on any atom is 0.332 e. The van der Waals surface area contributed by atoms with Crippen LogP contribution in [0.4, 0.5) is 10.5 Å². The molecular weight excluding hydrogens is 294 g/mol. The van der Waals surface area contributed by atoms with Gasteiger partial charge in [-0.3, -0.25) is 9.59 Å². The molecule has 2 aliphatic rings. The second kappa shape index (κ2) is 6.40. The van der Waals surface area contributed by atoms with E-state index in [2.05, 4.69) is 0 Å². The van der Waals surface area contributed by atoms with Crippen LogP contribution in [-0.2, 0) is 9.59 Å². The first-order valence-electron chi connectivity index (χ1n) is 8.08. The van der Waals surface area contributed by atoms with E-state index in [0.717, 1.165) is 12.8 Å². The first kappa shape index (κ1) is 15.5. The quantitative estimate of drug-likeness (QED) is 0.800. The number of urea groups is 1. The molecule has 122 valence electrons. The van der Waals surface area contributed by atoms with E-state index in [1.165, 1.54) is 4.90 Å². The Morgan fingerprint density at radius 2 is 1.78 bits per heavy atom. The molecule has 0 saturated carbocycles. The molecule has 0 unspecified atom stereocenters. The summed E-state index contributed by atoms with van der Waals surface area (Å²) in [5.41, 5.74) is 0.614. The molecule has 0 radical (unpaired) electrons. The number of piperidine rings is 1. The molecule has 23 heavy (non-hydrogen) atoms. The van der Waals surface area contributed by atoms with Gasteiger partial charge in [0, 0.05) is 25.6 Å². The van der Waals surface area contributed by atoms with Crippen molar-refractivity contribution in [2.24, 2.45) is 0 Å². The molecule has 2 aliphatic heterocycles. The van der Waals surface area contributed by atoms with Crippen molar-refractivity contribution < 1.29 is 14.4 Å². The van der Waals surface area contributed by atoms with Crippen LogP contribution in [0.3, 0.4) is 0 Å². The highest BCUT2D eigenvalue weighted by molar-refractivity contribution is 6.19. The summed E-state index contributed by atoms with van der Waals surface area (Å²) in [5.74, 6) is -0.0357. The number of benzene rings is 1. The molecule has 2 saturated heterocycles. The standard InChI is InChI=1S/C17H21N3O3/c1-2-15(21)18-10-8-13(9-11-18)19-12-16(22)20(17(19)23)14-6-4-3-5-7-14/h3-7,13H,2,8-12H2,1H3. The molecule has 0 aromatic heterocycles. The van der Waals surface area contributed by atoms with Gasteiger partial charge in [0.15, 0.2) is 0 Å². The van der Waals surface area contributed by atoms with Gasteiger partial charge in [-0.15, -0.1) is 0 Å². The summed E-state index contributed by atoms with van der Waals surface area (Å²) in [7, 11) is 0. The summed E-state index contributed by atoms with van der Waals surface area (Å²) >= 11 is 0. The van der Waals surface area contributed by atoms with Crippen LogP contribution < -0.4 is 4.90 Å². The number of rotatable bonds is 3. The van der Waals surface area contributed by atoms with Gasteiger partial charge >= 0.3 is 6.03 Å². The third-order valence-corrected chi connectivity index (χ3v) is 4.57. The lowest BCUT2D eigenvalue weighted by atomic mass is 10.0. The maximum absolute atomic E-state index is 12.6. The Balaban J connectivity index is 1.68.